The van der Waals surface area contributed by atoms with Crippen LogP contribution in [0.2, 0.25) is 0 Å². The van der Waals surface area contributed by atoms with Crippen molar-refractivity contribution in [2.75, 3.05) is 6.61 Å². The Morgan fingerprint density at radius 3 is 2.48 bits per heavy atom. The van der Waals surface area contributed by atoms with Gasteiger partial charge in [0, 0.05) is 12.6 Å². The zero-order valence-corrected chi connectivity index (χ0v) is 13.0. The molecule has 0 saturated carbocycles. The molecule has 112 valence electrons. The number of hydrogen-bond donors (Lipinski definition) is 1. The molecule has 0 aliphatic heterocycles. The summed E-state index contributed by atoms with van der Waals surface area (Å²) in [6.45, 7) is 5.96. The Hall–Kier alpha value is -1.80. The van der Waals surface area contributed by atoms with E-state index in [0.717, 1.165) is 31.7 Å². The van der Waals surface area contributed by atoms with Crippen molar-refractivity contribution in [2.45, 2.75) is 39.3 Å². The second-order valence-electron chi connectivity index (χ2n) is 5.62. The van der Waals surface area contributed by atoms with E-state index in [9.17, 15) is 0 Å². The molecule has 0 amide bonds. The molecule has 0 aliphatic carbocycles. The maximum atomic E-state index is 5.85. The molecule has 0 radical (unpaired) electrons. The minimum Gasteiger partial charge on any atom is -0.494 e. The number of nitrogens with one attached hydrogen (secondary N) is 1. The Labute approximate surface area is 128 Å². The van der Waals surface area contributed by atoms with E-state index in [-0.39, 0.29) is 0 Å². The third-order valence-corrected chi connectivity index (χ3v) is 3.33. The molecule has 0 aliphatic rings. The molecule has 0 unspecified atom stereocenters. The lowest BCUT2D eigenvalue weighted by molar-refractivity contribution is 0.310. The Balaban J connectivity index is 1.74. The van der Waals surface area contributed by atoms with Crippen LogP contribution in [0, 0.1) is 0 Å². The van der Waals surface area contributed by atoms with Gasteiger partial charge in [-0.2, -0.15) is 0 Å². The first kappa shape index (κ1) is 15.6. The smallest absolute Gasteiger partial charge is 0.119 e. The molecular formula is C19H25NO. The predicted molar refractivity (Wildman–Crippen MR) is 88.7 cm³/mol. The highest BCUT2D eigenvalue weighted by Gasteiger charge is 1.99. The molecular weight excluding hydrogens is 258 g/mol. The molecule has 2 heteroatoms. The lowest BCUT2D eigenvalue weighted by Crippen LogP contribution is -2.21. The molecule has 2 aromatic rings. The Kier molecular flexibility index (Phi) is 6.29. The predicted octanol–water partition coefficient (Wildman–Crippen LogP) is 4.20. The first-order valence-corrected chi connectivity index (χ1v) is 7.73. The van der Waals surface area contributed by atoms with E-state index >= 15 is 0 Å². The number of ether oxygens (including phenoxy) is 1. The van der Waals surface area contributed by atoms with E-state index in [1.807, 2.05) is 6.07 Å². The fourth-order valence-corrected chi connectivity index (χ4v) is 2.18. The summed E-state index contributed by atoms with van der Waals surface area (Å²) in [7, 11) is 0. The van der Waals surface area contributed by atoms with Crippen LogP contribution in [0.1, 0.15) is 31.4 Å². The normalized spacial score (nSPS) is 10.8. The third-order valence-electron chi connectivity index (χ3n) is 3.33. The van der Waals surface area contributed by atoms with Crippen molar-refractivity contribution in [2.24, 2.45) is 0 Å². The van der Waals surface area contributed by atoms with Gasteiger partial charge in [-0.05, 0) is 36.1 Å². The van der Waals surface area contributed by atoms with E-state index in [4.69, 9.17) is 4.74 Å². The van der Waals surface area contributed by atoms with E-state index in [0.29, 0.717) is 6.04 Å². The maximum absolute atomic E-state index is 5.85. The quantitative estimate of drug-likeness (QED) is 0.733. The van der Waals surface area contributed by atoms with Crippen LogP contribution in [0.25, 0.3) is 0 Å². The van der Waals surface area contributed by atoms with Crippen LogP contribution < -0.4 is 10.1 Å². The number of benzene rings is 2. The Morgan fingerprint density at radius 2 is 1.71 bits per heavy atom. The molecule has 0 saturated heterocycles. The third kappa shape index (κ3) is 6.01. The topological polar surface area (TPSA) is 21.3 Å². The molecule has 2 nitrogen and oxygen atoms in total. The summed E-state index contributed by atoms with van der Waals surface area (Å²) in [6, 6.07) is 19.4. The minimum atomic E-state index is 0.500. The number of hydrogen-bond acceptors (Lipinski definition) is 2. The van der Waals surface area contributed by atoms with E-state index < -0.39 is 0 Å². The molecule has 0 atom stereocenters. The molecule has 0 bridgehead atoms. The van der Waals surface area contributed by atoms with Crippen molar-refractivity contribution in [1.29, 1.82) is 0 Å². The number of aryl methyl sites for hydroxylation is 1. The lowest BCUT2D eigenvalue weighted by atomic mass is 10.1. The fourth-order valence-electron chi connectivity index (χ4n) is 2.18. The van der Waals surface area contributed by atoms with Crippen LogP contribution in [0.4, 0.5) is 0 Å². The highest BCUT2D eigenvalue weighted by molar-refractivity contribution is 5.28. The van der Waals surface area contributed by atoms with Gasteiger partial charge in [-0.1, -0.05) is 56.3 Å². The first-order valence-electron chi connectivity index (χ1n) is 7.73. The van der Waals surface area contributed by atoms with Crippen molar-refractivity contribution >= 4 is 0 Å². The van der Waals surface area contributed by atoms with E-state index in [2.05, 4.69) is 67.7 Å². The zero-order valence-electron chi connectivity index (χ0n) is 13.0. The highest BCUT2D eigenvalue weighted by atomic mass is 16.5. The van der Waals surface area contributed by atoms with Gasteiger partial charge in [0.15, 0.2) is 0 Å². The van der Waals surface area contributed by atoms with E-state index in [1.54, 1.807) is 0 Å². The molecule has 0 heterocycles. The lowest BCUT2D eigenvalue weighted by Gasteiger charge is -2.10. The molecule has 2 rings (SSSR count). The van der Waals surface area contributed by atoms with Gasteiger partial charge >= 0.3 is 0 Å². The second-order valence-corrected chi connectivity index (χ2v) is 5.62. The summed E-state index contributed by atoms with van der Waals surface area (Å²) in [6.07, 6.45) is 2.11. The molecule has 0 aromatic heterocycles. The summed E-state index contributed by atoms with van der Waals surface area (Å²) in [5.41, 5.74) is 2.64. The second kappa shape index (κ2) is 8.48. The number of rotatable bonds is 8. The fraction of sp³-hybridized carbons (Fsp3) is 0.368. The standard InChI is InChI=1S/C19H25NO/c1-16(2)20-15-18-10-6-12-19(14-18)21-13-7-11-17-8-4-3-5-9-17/h3-6,8-10,12,14,16,20H,7,11,13,15H2,1-2H3. The van der Waals surface area contributed by atoms with Crippen molar-refractivity contribution in [3.8, 4) is 5.75 Å². The van der Waals surface area contributed by atoms with Crippen LogP contribution in [-0.4, -0.2) is 12.6 Å². The SMILES string of the molecule is CC(C)NCc1cccc(OCCCc2ccccc2)c1. The van der Waals surface area contributed by atoms with Gasteiger partial charge in [-0.25, -0.2) is 0 Å². The largest absolute Gasteiger partial charge is 0.494 e. The van der Waals surface area contributed by atoms with E-state index in [1.165, 1.54) is 11.1 Å². The van der Waals surface area contributed by atoms with Crippen molar-refractivity contribution < 1.29 is 4.74 Å². The van der Waals surface area contributed by atoms with Crippen molar-refractivity contribution in [1.82, 2.24) is 5.32 Å². The first-order chi connectivity index (χ1) is 10.2. The van der Waals surface area contributed by atoms with Crippen LogP contribution >= 0.6 is 0 Å². The molecule has 21 heavy (non-hydrogen) atoms. The molecule has 0 fully saturated rings. The van der Waals surface area contributed by atoms with Gasteiger partial charge in [-0.3, -0.25) is 0 Å². The zero-order chi connectivity index (χ0) is 14.9. The van der Waals surface area contributed by atoms with Gasteiger partial charge in [0.25, 0.3) is 0 Å². The summed E-state index contributed by atoms with van der Waals surface area (Å²) < 4.78 is 5.85. The summed E-state index contributed by atoms with van der Waals surface area (Å²) in [5.74, 6) is 0.964. The van der Waals surface area contributed by atoms with Crippen LogP contribution in [0.5, 0.6) is 5.75 Å². The van der Waals surface area contributed by atoms with Gasteiger partial charge in [-0.15, -0.1) is 0 Å². The van der Waals surface area contributed by atoms with Gasteiger partial charge in [0.1, 0.15) is 5.75 Å². The summed E-state index contributed by atoms with van der Waals surface area (Å²) >= 11 is 0. The summed E-state index contributed by atoms with van der Waals surface area (Å²) in [4.78, 5) is 0. The van der Waals surface area contributed by atoms with Crippen molar-refractivity contribution in [3.05, 3.63) is 65.7 Å². The minimum absolute atomic E-state index is 0.500. The summed E-state index contributed by atoms with van der Waals surface area (Å²) in [5, 5.41) is 3.42. The average molecular weight is 283 g/mol. The molecule has 2 aromatic carbocycles. The van der Waals surface area contributed by atoms with Crippen LogP contribution in [-0.2, 0) is 13.0 Å². The molecule has 1 N–H and O–H groups in total. The molecule has 0 spiro atoms. The average Bonchev–Trinajstić information content (AvgIpc) is 2.51. The van der Waals surface area contributed by atoms with Gasteiger partial charge < -0.3 is 10.1 Å². The van der Waals surface area contributed by atoms with Crippen LogP contribution in [0.15, 0.2) is 54.6 Å². The van der Waals surface area contributed by atoms with Crippen molar-refractivity contribution in [3.63, 3.8) is 0 Å². The Bertz CT molecular complexity index is 522. The monoisotopic (exact) mass is 283 g/mol. The van der Waals surface area contributed by atoms with Gasteiger partial charge in [0.2, 0.25) is 0 Å². The van der Waals surface area contributed by atoms with Crippen LogP contribution in [0.3, 0.4) is 0 Å². The highest BCUT2D eigenvalue weighted by Crippen LogP contribution is 2.14. The Morgan fingerprint density at radius 1 is 0.952 bits per heavy atom. The maximum Gasteiger partial charge on any atom is 0.119 e. The van der Waals surface area contributed by atoms with Gasteiger partial charge in [0.05, 0.1) is 6.61 Å².